The van der Waals surface area contributed by atoms with Crippen molar-refractivity contribution in [3.05, 3.63) is 22.7 Å². The molecule has 0 aliphatic carbocycles. The topological polar surface area (TPSA) is 61.0 Å². The summed E-state index contributed by atoms with van der Waals surface area (Å²) in [5, 5.41) is 3.31. The van der Waals surface area contributed by atoms with Crippen molar-refractivity contribution < 1.29 is 0 Å². The van der Waals surface area contributed by atoms with Gasteiger partial charge < -0.3 is 15.2 Å². The Morgan fingerprint density at radius 1 is 1.56 bits per heavy atom. The molecular weight excluding hydrogens is 204 g/mol. The van der Waals surface area contributed by atoms with Gasteiger partial charge in [-0.3, -0.25) is 4.79 Å². The maximum absolute atomic E-state index is 11.1. The molecule has 0 atom stereocenters. The van der Waals surface area contributed by atoms with Crippen LogP contribution in [0.4, 0.5) is 5.82 Å². The maximum atomic E-state index is 11.1. The van der Waals surface area contributed by atoms with E-state index in [9.17, 15) is 4.79 Å². The molecule has 0 aromatic carbocycles. The quantitative estimate of drug-likeness (QED) is 0.789. The van der Waals surface area contributed by atoms with Crippen molar-refractivity contribution in [1.29, 1.82) is 0 Å². The first kappa shape index (κ1) is 11.1. The van der Waals surface area contributed by atoms with Gasteiger partial charge in [-0.2, -0.15) is 0 Å². The third-order valence-electron chi connectivity index (χ3n) is 3.07. The highest BCUT2D eigenvalue weighted by atomic mass is 16.1. The third-order valence-corrected chi connectivity index (χ3v) is 3.07. The molecular formula is C11H18N4O. The van der Waals surface area contributed by atoms with E-state index in [1.54, 1.807) is 0 Å². The summed E-state index contributed by atoms with van der Waals surface area (Å²) in [4.78, 5) is 20.1. The van der Waals surface area contributed by atoms with E-state index in [4.69, 9.17) is 0 Å². The van der Waals surface area contributed by atoms with Crippen LogP contribution in [0.15, 0.2) is 17.2 Å². The molecule has 1 aliphatic rings. The van der Waals surface area contributed by atoms with Crippen LogP contribution in [0.25, 0.3) is 0 Å². The number of hydrogen-bond acceptors (Lipinski definition) is 4. The number of hydrogen-bond donors (Lipinski definition) is 2. The number of nitrogens with one attached hydrogen (secondary N) is 2. The molecule has 1 aromatic heterocycles. The molecule has 1 saturated heterocycles. The molecule has 0 unspecified atom stereocenters. The molecule has 2 heterocycles. The molecule has 0 amide bonds. The SMILES string of the molecule is CCN1CCC(Nc2cc(=O)[nH]cn2)CC1. The fourth-order valence-corrected chi connectivity index (χ4v) is 2.05. The van der Waals surface area contributed by atoms with Crippen molar-refractivity contribution in [2.24, 2.45) is 0 Å². The van der Waals surface area contributed by atoms with E-state index in [0.29, 0.717) is 11.9 Å². The largest absolute Gasteiger partial charge is 0.367 e. The minimum Gasteiger partial charge on any atom is -0.367 e. The second kappa shape index (κ2) is 5.12. The lowest BCUT2D eigenvalue weighted by atomic mass is 10.1. The summed E-state index contributed by atoms with van der Waals surface area (Å²) >= 11 is 0. The van der Waals surface area contributed by atoms with Gasteiger partial charge in [-0.1, -0.05) is 6.92 Å². The summed E-state index contributed by atoms with van der Waals surface area (Å²) in [5.74, 6) is 0.679. The van der Waals surface area contributed by atoms with Crippen molar-refractivity contribution in [3.8, 4) is 0 Å². The van der Waals surface area contributed by atoms with E-state index in [-0.39, 0.29) is 5.56 Å². The van der Waals surface area contributed by atoms with Crippen molar-refractivity contribution in [2.45, 2.75) is 25.8 Å². The Morgan fingerprint density at radius 2 is 2.31 bits per heavy atom. The number of aromatic nitrogens is 2. The van der Waals surface area contributed by atoms with Crippen molar-refractivity contribution in [2.75, 3.05) is 25.0 Å². The minimum atomic E-state index is -0.108. The molecule has 1 aliphatic heterocycles. The van der Waals surface area contributed by atoms with Crippen LogP contribution in [0.3, 0.4) is 0 Å². The number of aromatic amines is 1. The Bertz CT molecular complexity index is 382. The molecule has 5 heteroatoms. The van der Waals surface area contributed by atoms with Gasteiger partial charge in [-0.05, 0) is 19.4 Å². The molecule has 0 bridgehead atoms. The Morgan fingerprint density at radius 3 is 2.94 bits per heavy atom. The zero-order valence-corrected chi connectivity index (χ0v) is 9.57. The number of piperidine rings is 1. The summed E-state index contributed by atoms with van der Waals surface area (Å²) in [5.41, 5.74) is -0.108. The predicted octanol–water partition coefficient (Wildman–Crippen LogP) is 0.666. The van der Waals surface area contributed by atoms with E-state index in [1.807, 2.05) is 0 Å². The lowest BCUT2D eigenvalue weighted by Gasteiger charge is -2.31. The molecule has 16 heavy (non-hydrogen) atoms. The standard InChI is InChI=1S/C11H18N4O/c1-2-15-5-3-9(4-6-15)14-10-7-11(16)13-8-12-10/h7-9H,2-6H2,1H3,(H2,12,13,14,16). The first-order chi connectivity index (χ1) is 7.78. The Labute approximate surface area is 94.9 Å². The van der Waals surface area contributed by atoms with Crippen LogP contribution in [0, 0.1) is 0 Å². The summed E-state index contributed by atoms with van der Waals surface area (Å²) in [6.07, 6.45) is 3.66. The zero-order chi connectivity index (χ0) is 11.4. The molecule has 2 rings (SSSR count). The normalized spacial score (nSPS) is 18.6. The lowest BCUT2D eigenvalue weighted by Crippen LogP contribution is -2.39. The van der Waals surface area contributed by atoms with E-state index in [0.717, 1.165) is 32.5 Å². The third kappa shape index (κ3) is 2.82. The van der Waals surface area contributed by atoms with Gasteiger partial charge in [0.2, 0.25) is 0 Å². The van der Waals surface area contributed by atoms with Gasteiger partial charge in [0.05, 0.1) is 6.33 Å². The second-order valence-electron chi connectivity index (χ2n) is 4.15. The zero-order valence-electron chi connectivity index (χ0n) is 9.57. The fraction of sp³-hybridized carbons (Fsp3) is 0.636. The summed E-state index contributed by atoms with van der Waals surface area (Å²) in [6, 6.07) is 1.95. The average molecular weight is 222 g/mol. The van der Waals surface area contributed by atoms with Gasteiger partial charge >= 0.3 is 0 Å². The summed E-state index contributed by atoms with van der Waals surface area (Å²) in [7, 11) is 0. The van der Waals surface area contributed by atoms with E-state index < -0.39 is 0 Å². The first-order valence-electron chi connectivity index (χ1n) is 5.81. The predicted molar refractivity (Wildman–Crippen MR) is 63.6 cm³/mol. The highest BCUT2D eigenvalue weighted by Gasteiger charge is 2.17. The molecule has 88 valence electrons. The molecule has 2 N–H and O–H groups in total. The molecule has 5 nitrogen and oxygen atoms in total. The molecule has 1 aromatic rings. The van der Waals surface area contributed by atoms with Crippen molar-refractivity contribution in [1.82, 2.24) is 14.9 Å². The lowest BCUT2D eigenvalue weighted by molar-refractivity contribution is 0.229. The van der Waals surface area contributed by atoms with Gasteiger partial charge in [0.15, 0.2) is 0 Å². The van der Waals surface area contributed by atoms with Crippen LogP contribution >= 0.6 is 0 Å². The van der Waals surface area contributed by atoms with Gasteiger partial charge in [-0.25, -0.2) is 4.98 Å². The second-order valence-corrected chi connectivity index (χ2v) is 4.15. The Kier molecular flexibility index (Phi) is 3.56. The molecule has 0 radical (unpaired) electrons. The Hall–Kier alpha value is -1.36. The summed E-state index contributed by atoms with van der Waals surface area (Å²) in [6.45, 7) is 5.55. The van der Waals surface area contributed by atoms with Crippen molar-refractivity contribution in [3.63, 3.8) is 0 Å². The summed E-state index contributed by atoms with van der Waals surface area (Å²) < 4.78 is 0. The van der Waals surface area contributed by atoms with Gasteiger partial charge in [0, 0.05) is 25.2 Å². The molecule has 1 fully saturated rings. The smallest absolute Gasteiger partial charge is 0.252 e. The Balaban J connectivity index is 1.89. The number of anilines is 1. The highest BCUT2D eigenvalue weighted by Crippen LogP contribution is 2.13. The minimum absolute atomic E-state index is 0.108. The van der Waals surface area contributed by atoms with Crippen molar-refractivity contribution >= 4 is 5.82 Å². The monoisotopic (exact) mass is 222 g/mol. The van der Waals surface area contributed by atoms with Crippen LogP contribution in [-0.4, -0.2) is 40.5 Å². The van der Waals surface area contributed by atoms with Crippen LogP contribution in [-0.2, 0) is 0 Å². The maximum Gasteiger partial charge on any atom is 0.252 e. The number of likely N-dealkylation sites (tertiary alicyclic amines) is 1. The fourth-order valence-electron chi connectivity index (χ4n) is 2.05. The number of H-pyrrole nitrogens is 1. The van der Waals surface area contributed by atoms with Crippen LogP contribution in [0.1, 0.15) is 19.8 Å². The first-order valence-corrected chi connectivity index (χ1v) is 5.81. The average Bonchev–Trinajstić information content (AvgIpc) is 2.30. The van der Waals surface area contributed by atoms with Crippen LogP contribution in [0.5, 0.6) is 0 Å². The molecule has 0 saturated carbocycles. The van der Waals surface area contributed by atoms with Gasteiger partial charge in [0.1, 0.15) is 5.82 Å². The molecule has 0 spiro atoms. The van der Waals surface area contributed by atoms with Crippen LogP contribution in [0.2, 0.25) is 0 Å². The number of nitrogens with zero attached hydrogens (tertiary/aromatic N) is 2. The van der Waals surface area contributed by atoms with E-state index in [2.05, 4.69) is 27.1 Å². The van der Waals surface area contributed by atoms with E-state index >= 15 is 0 Å². The van der Waals surface area contributed by atoms with Gasteiger partial charge in [0.25, 0.3) is 5.56 Å². The highest BCUT2D eigenvalue weighted by molar-refractivity contribution is 5.33. The van der Waals surface area contributed by atoms with Crippen LogP contribution < -0.4 is 10.9 Å². The van der Waals surface area contributed by atoms with Gasteiger partial charge in [-0.15, -0.1) is 0 Å². The number of rotatable bonds is 3. The van der Waals surface area contributed by atoms with E-state index in [1.165, 1.54) is 12.4 Å².